The van der Waals surface area contributed by atoms with E-state index in [9.17, 15) is 20.0 Å². The molecule has 2 rings (SSSR count). The molecule has 108 valence electrons. The van der Waals surface area contributed by atoms with Gasteiger partial charge in [0.2, 0.25) is 0 Å². The Labute approximate surface area is 120 Å². The van der Waals surface area contributed by atoms with Gasteiger partial charge in [0.25, 0.3) is 5.91 Å². The standard InChI is InChI=1S/C13H16N2O4S/c1-20-13(5-2-6-13)8-14-12(17)9-3-4-10(15(18)19)11(16)7-9/h3-4,7,16H,2,5-6,8H2,1H3,(H,14,17). The van der Waals surface area contributed by atoms with E-state index in [0.717, 1.165) is 25.0 Å². The molecule has 1 amide bonds. The Morgan fingerprint density at radius 2 is 2.25 bits per heavy atom. The molecule has 0 unspecified atom stereocenters. The van der Waals surface area contributed by atoms with Gasteiger partial charge in [-0.2, -0.15) is 11.8 Å². The molecule has 1 saturated carbocycles. The molecule has 0 saturated heterocycles. The summed E-state index contributed by atoms with van der Waals surface area (Å²) in [5.41, 5.74) is -0.176. The molecule has 1 fully saturated rings. The highest BCUT2D eigenvalue weighted by atomic mass is 32.2. The molecule has 1 aromatic carbocycles. The van der Waals surface area contributed by atoms with Gasteiger partial charge in [0.05, 0.1) is 4.92 Å². The number of hydrogen-bond donors (Lipinski definition) is 2. The summed E-state index contributed by atoms with van der Waals surface area (Å²) in [7, 11) is 0. The summed E-state index contributed by atoms with van der Waals surface area (Å²) >= 11 is 1.75. The Bertz CT molecular complexity index is 538. The number of amides is 1. The zero-order chi connectivity index (χ0) is 14.8. The number of carbonyl (C=O) groups is 1. The number of nitro groups is 1. The number of nitrogens with one attached hydrogen (secondary N) is 1. The van der Waals surface area contributed by atoms with Gasteiger partial charge in [-0.25, -0.2) is 0 Å². The van der Waals surface area contributed by atoms with Crippen LogP contribution in [0.15, 0.2) is 18.2 Å². The van der Waals surface area contributed by atoms with Crippen molar-refractivity contribution in [3.63, 3.8) is 0 Å². The zero-order valence-corrected chi connectivity index (χ0v) is 11.9. The van der Waals surface area contributed by atoms with E-state index < -0.39 is 16.4 Å². The van der Waals surface area contributed by atoms with E-state index in [2.05, 4.69) is 5.32 Å². The third-order valence-corrected chi connectivity index (χ3v) is 5.12. The average molecular weight is 296 g/mol. The second-order valence-electron chi connectivity index (χ2n) is 4.88. The van der Waals surface area contributed by atoms with Crippen molar-refractivity contribution >= 4 is 23.4 Å². The summed E-state index contributed by atoms with van der Waals surface area (Å²) in [4.78, 5) is 21.9. The first kappa shape index (κ1) is 14.6. The van der Waals surface area contributed by atoms with E-state index in [4.69, 9.17) is 0 Å². The zero-order valence-electron chi connectivity index (χ0n) is 11.1. The van der Waals surface area contributed by atoms with Gasteiger partial charge in [-0.3, -0.25) is 14.9 Å². The van der Waals surface area contributed by atoms with Crippen LogP contribution in [-0.4, -0.2) is 33.5 Å². The number of rotatable bonds is 5. The molecule has 1 aromatic rings. The number of nitrogens with zero attached hydrogens (tertiary/aromatic N) is 1. The van der Waals surface area contributed by atoms with Crippen molar-refractivity contribution in [2.75, 3.05) is 12.8 Å². The number of benzene rings is 1. The van der Waals surface area contributed by atoms with Gasteiger partial charge in [0.1, 0.15) is 0 Å². The van der Waals surface area contributed by atoms with E-state index in [-0.39, 0.29) is 16.2 Å². The number of phenolic OH excluding ortho intramolecular Hbond substituents is 1. The lowest BCUT2D eigenvalue weighted by atomic mass is 9.84. The molecular formula is C13H16N2O4S. The largest absolute Gasteiger partial charge is 0.502 e. The van der Waals surface area contributed by atoms with Crippen LogP contribution in [0.2, 0.25) is 0 Å². The molecule has 1 aliphatic carbocycles. The maximum Gasteiger partial charge on any atom is 0.310 e. The predicted molar refractivity (Wildman–Crippen MR) is 77.2 cm³/mol. The normalized spacial score (nSPS) is 16.2. The number of carbonyl (C=O) groups excluding carboxylic acids is 1. The summed E-state index contributed by atoms with van der Waals surface area (Å²) in [5, 5.41) is 22.9. The molecule has 2 N–H and O–H groups in total. The van der Waals surface area contributed by atoms with E-state index in [1.807, 2.05) is 6.26 Å². The molecule has 6 nitrogen and oxygen atoms in total. The van der Waals surface area contributed by atoms with Gasteiger partial charge in [-0.05, 0) is 31.2 Å². The van der Waals surface area contributed by atoms with Gasteiger partial charge in [0, 0.05) is 22.9 Å². The molecule has 1 aliphatic rings. The minimum Gasteiger partial charge on any atom is -0.502 e. The summed E-state index contributed by atoms with van der Waals surface area (Å²) in [6.45, 7) is 0.574. The predicted octanol–water partition coefficient (Wildman–Crippen LogP) is 2.32. The number of aromatic hydroxyl groups is 1. The average Bonchev–Trinajstić information content (AvgIpc) is 2.37. The highest BCUT2D eigenvalue weighted by Crippen LogP contribution is 2.42. The lowest BCUT2D eigenvalue weighted by Gasteiger charge is -2.40. The van der Waals surface area contributed by atoms with Crippen LogP contribution >= 0.6 is 11.8 Å². The van der Waals surface area contributed by atoms with Crippen LogP contribution < -0.4 is 5.32 Å². The molecule has 0 aromatic heterocycles. The maximum absolute atomic E-state index is 12.0. The van der Waals surface area contributed by atoms with Crippen molar-refractivity contribution in [2.24, 2.45) is 0 Å². The van der Waals surface area contributed by atoms with Crippen LogP contribution in [0.1, 0.15) is 29.6 Å². The molecule has 7 heteroatoms. The maximum atomic E-state index is 12.0. The number of hydrogen-bond acceptors (Lipinski definition) is 5. The minimum atomic E-state index is -0.686. The van der Waals surface area contributed by atoms with Crippen molar-refractivity contribution in [3.8, 4) is 5.75 Å². The first-order chi connectivity index (χ1) is 9.47. The second-order valence-corrected chi connectivity index (χ2v) is 6.16. The number of thioether (sulfide) groups is 1. The molecule has 0 aliphatic heterocycles. The molecule has 0 radical (unpaired) electrons. The van der Waals surface area contributed by atoms with Crippen LogP contribution in [0.25, 0.3) is 0 Å². The van der Waals surface area contributed by atoms with E-state index >= 15 is 0 Å². The molecule has 20 heavy (non-hydrogen) atoms. The van der Waals surface area contributed by atoms with Gasteiger partial charge < -0.3 is 10.4 Å². The Morgan fingerprint density at radius 3 is 2.70 bits per heavy atom. The quantitative estimate of drug-likeness (QED) is 0.642. The van der Waals surface area contributed by atoms with Crippen molar-refractivity contribution in [1.82, 2.24) is 5.32 Å². The summed E-state index contributed by atoms with van der Waals surface area (Å²) in [6, 6.07) is 3.61. The van der Waals surface area contributed by atoms with E-state index in [1.165, 1.54) is 12.5 Å². The van der Waals surface area contributed by atoms with Crippen LogP contribution in [0.5, 0.6) is 5.75 Å². The van der Waals surface area contributed by atoms with Crippen LogP contribution in [0.3, 0.4) is 0 Å². The Kier molecular flexibility index (Phi) is 4.17. The van der Waals surface area contributed by atoms with Crippen LogP contribution in [0, 0.1) is 10.1 Å². The minimum absolute atomic E-state index is 0.123. The Morgan fingerprint density at radius 1 is 1.55 bits per heavy atom. The van der Waals surface area contributed by atoms with Gasteiger partial charge in [-0.1, -0.05) is 6.42 Å². The summed E-state index contributed by atoms with van der Waals surface area (Å²) in [5.74, 6) is -0.818. The monoisotopic (exact) mass is 296 g/mol. The third-order valence-electron chi connectivity index (χ3n) is 3.70. The van der Waals surface area contributed by atoms with Gasteiger partial charge in [0.15, 0.2) is 5.75 Å². The first-order valence-corrected chi connectivity index (χ1v) is 7.51. The molecule has 0 bridgehead atoms. The fraction of sp³-hybridized carbons (Fsp3) is 0.462. The van der Waals surface area contributed by atoms with Crippen molar-refractivity contribution in [1.29, 1.82) is 0 Å². The topological polar surface area (TPSA) is 92.5 Å². The first-order valence-electron chi connectivity index (χ1n) is 6.28. The fourth-order valence-electron chi connectivity index (χ4n) is 2.19. The van der Waals surface area contributed by atoms with Crippen LogP contribution in [-0.2, 0) is 0 Å². The Hall–Kier alpha value is -1.76. The highest BCUT2D eigenvalue weighted by molar-refractivity contribution is 8.00. The van der Waals surface area contributed by atoms with Gasteiger partial charge in [-0.15, -0.1) is 0 Å². The Balaban J connectivity index is 2.02. The highest BCUT2D eigenvalue weighted by Gasteiger charge is 2.36. The van der Waals surface area contributed by atoms with Crippen molar-refractivity contribution < 1.29 is 14.8 Å². The van der Waals surface area contributed by atoms with E-state index in [1.54, 1.807) is 11.8 Å². The fourth-order valence-corrected chi connectivity index (χ4v) is 3.10. The van der Waals surface area contributed by atoms with Crippen molar-refractivity contribution in [2.45, 2.75) is 24.0 Å². The number of phenols is 1. The molecule has 0 spiro atoms. The molecule has 0 heterocycles. The smallest absolute Gasteiger partial charge is 0.310 e. The van der Waals surface area contributed by atoms with Gasteiger partial charge >= 0.3 is 5.69 Å². The second kappa shape index (κ2) is 5.70. The van der Waals surface area contributed by atoms with Crippen LogP contribution in [0.4, 0.5) is 5.69 Å². The molecular weight excluding hydrogens is 280 g/mol. The lowest BCUT2D eigenvalue weighted by Crippen LogP contribution is -2.45. The van der Waals surface area contributed by atoms with Crippen molar-refractivity contribution in [3.05, 3.63) is 33.9 Å². The summed E-state index contributed by atoms with van der Waals surface area (Å²) < 4.78 is 0.123. The van der Waals surface area contributed by atoms with E-state index in [0.29, 0.717) is 6.54 Å². The number of nitro benzene ring substituents is 1. The third kappa shape index (κ3) is 2.87. The molecule has 0 atom stereocenters. The SMILES string of the molecule is CSC1(CNC(=O)c2ccc([N+](=O)[O-])c(O)c2)CCC1. The lowest BCUT2D eigenvalue weighted by molar-refractivity contribution is -0.385. The summed E-state index contributed by atoms with van der Waals surface area (Å²) in [6.07, 6.45) is 5.37.